The molecule has 100 valence electrons. The molecule has 0 aliphatic carbocycles. The molecule has 0 unspecified atom stereocenters. The van der Waals surface area contributed by atoms with Crippen LogP contribution in [-0.2, 0) is 4.74 Å². The molecule has 3 N–H and O–H groups in total. The number of aromatic nitrogens is 2. The molecule has 0 amide bonds. The molecule has 1 aromatic carbocycles. The molecule has 0 bridgehead atoms. The highest BCUT2D eigenvalue weighted by Crippen LogP contribution is 2.23. The highest BCUT2D eigenvalue weighted by molar-refractivity contribution is 5.94. The van der Waals surface area contributed by atoms with E-state index in [1.807, 2.05) is 6.92 Å². The van der Waals surface area contributed by atoms with Crippen molar-refractivity contribution >= 4 is 11.8 Å². The number of ether oxygens (including phenoxy) is 1. The number of nitrogens with two attached hydrogens (primary N) is 1. The number of phenols is 1. The average molecular weight is 261 g/mol. The molecule has 6 heteroatoms. The van der Waals surface area contributed by atoms with Crippen molar-refractivity contribution < 1.29 is 14.6 Å². The van der Waals surface area contributed by atoms with Crippen LogP contribution in [0.25, 0.3) is 5.69 Å². The minimum Gasteiger partial charge on any atom is -0.508 e. The number of rotatable bonds is 3. The fourth-order valence-corrected chi connectivity index (χ4v) is 1.79. The summed E-state index contributed by atoms with van der Waals surface area (Å²) in [5, 5.41) is 13.5. The molecule has 0 radical (unpaired) electrons. The van der Waals surface area contributed by atoms with E-state index >= 15 is 0 Å². The lowest BCUT2D eigenvalue weighted by Crippen LogP contribution is -2.09. The predicted octanol–water partition coefficient (Wildman–Crippen LogP) is 1.65. The van der Waals surface area contributed by atoms with E-state index in [0.717, 1.165) is 5.56 Å². The number of anilines is 1. The molecule has 0 aliphatic rings. The topological polar surface area (TPSA) is 90.4 Å². The highest BCUT2D eigenvalue weighted by atomic mass is 16.5. The van der Waals surface area contributed by atoms with Gasteiger partial charge in [0.05, 0.1) is 18.5 Å². The van der Waals surface area contributed by atoms with Crippen LogP contribution in [0.3, 0.4) is 0 Å². The average Bonchev–Trinajstić information content (AvgIpc) is 2.72. The summed E-state index contributed by atoms with van der Waals surface area (Å²) in [5.74, 6) is -0.118. The van der Waals surface area contributed by atoms with E-state index < -0.39 is 5.97 Å². The van der Waals surface area contributed by atoms with E-state index in [0.29, 0.717) is 5.69 Å². The van der Waals surface area contributed by atoms with Gasteiger partial charge in [0, 0.05) is 0 Å². The summed E-state index contributed by atoms with van der Waals surface area (Å²) in [6, 6.07) is 4.82. The Balaban J connectivity index is 2.44. The number of esters is 1. The van der Waals surface area contributed by atoms with Gasteiger partial charge in [-0.1, -0.05) is 0 Å². The van der Waals surface area contributed by atoms with Gasteiger partial charge in [-0.05, 0) is 37.6 Å². The molecule has 0 saturated heterocycles. The molecule has 1 aromatic heterocycles. The number of carbonyl (C=O) groups excluding carboxylic acids is 1. The molecule has 0 spiro atoms. The second kappa shape index (κ2) is 5.01. The van der Waals surface area contributed by atoms with Crippen LogP contribution in [0.4, 0.5) is 5.82 Å². The van der Waals surface area contributed by atoms with Crippen molar-refractivity contribution in [2.24, 2.45) is 0 Å². The monoisotopic (exact) mass is 261 g/mol. The number of hydrogen-bond donors (Lipinski definition) is 2. The van der Waals surface area contributed by atoms with Crippen molar-refractivity contribution in [3.63, 3.8) is 0 Å². The van der Waals surface area contributed by atoms with Crippen LogP contribution < -0.4 is 5.73 Å². The van der Waals surface area contributed by atoms with Gasteiger partial charge in [-0.15, -0.1) is 0 Å². The Morgan fingerprint density at radius 3 is 2.89 bits per heavy atom. The third-order valence-corrected chi connectivity index (χ3v) is 2.71. The number of nitrogens with zero attached hydrogens (tertiary/aromatic N) is 2. The normalized spacial score (nSPS) is 10.4. The molecule has 6 nitrogen and oxygen atoms in total. The summed E-state index contributed by atoms with van der Waals surface area (Å²) >= 11 is 0. The molecular formula is C13H15N3O3. The number of aryl methyl sites for hydroxylation is 1. The maximum Gasteiger partial charge on any atom is 0.343 e. The van der Waals surface area contributed by atoms with Gasteiger partial charge in [0.15, 0.2) is 0 Å². The lowest BCUT2D eigenvalue weighted by molar-refractivity contribution is 0.0527. The van der Waals surface area contributed by atoms with Crippen LogP contribution in [0.2, 0.25) is 0 Å². The number of nitrogen functional groups attached to an aromatic ring is 1. The molecule has 1 heterocycles. The first-order chi connectivity index (χ1) is 9.04. The molecule has 0 saturated carbocycles. The Bertz CT molecular complexity index is 620. The van der Waals surface area contributed by atoms with E-state index in [9.17, 15) is 9.90 Å². The minimum absolute atomic E-state index is 0.164. The van der Waals surface area contributed by atoms with Crippen molar-refractivity contribution in [3.05, 3.63) is 35.5 Å². The number of carbonyl (C=O) groups is 1. The molecule has 0 atom stereocenters. The zero-order valence-electron chi connectivity index (χ0n) is 10.8. The Kier molecular flexibility index (Phi) is 3.41. The van der Waals surface area contributed by atoms with E-state index in [1.165, 1.54) is 16.9 Å². The maximum atomic E-state index is 11.7. The summed E-state index contributed by atoms with van der Waals surface area (Å²) in [4.78, 5) is 11.7. The summed E-state index contributed by atoms with van der Waals surface area (Å²) in [6.07, 6.45) is 1.37. The Hall–Kier alpha value is -2.50. The van der Waals surface area contributed by atoms with Gasteiger partial charge in [-0.25, -0.2) is 9.48 Å². The first-order valence-electron chi connectivity index (χ1n) is 5.85. The van der Waals surface area contributed by atoms with E-state index in [1.54, 1.807) is 19.1 Å². The number of hydrogen-bond acceptors (Lipinski definition) is 5. The minimum atomic E-state index is -0.498. The van der Waals surface area contributed by atoms with E-state index in [2.05, 4.69) is 5.10 Å². The standard InChI is InChI=1S/C13H15N3O3/c1-3-19-13(18)10-7-15-16(12(10)14)11-5-4-9(17)6-8(11)2/h4-7,17H,3,14H2,1-2H3. The lowest BCUT2D eigenvalue weighted by Gasteiger charge is -2.08. The van der Waals surface area contributed by atoms with Gasteiger partial charge >= 0.3 is 5.97 Å². The molecular weight excluding hydrogens is 246 g/mol. The van der Waals surface area contributed by atoms with Gasteiger partial charge in [-0.2, -0.15) is 5.10 Å². The summed E-state index contributed by atoms with van der Waals surface area (Å²) < 4.78 is 6.34. The van der Waals surface area contributed by atoms with Crippen molar-refractivity contribution in [3.8, 4) is 11.4 Å². The van der Waals surface area contributed by atoms with Crippen LogP contribution >= 0.6 is 0 Å². The number of phenolic OH excluding ortho intramolecular Hbond substituents is 1. The maximum absolute atomic E-state index is 11.7. The van der Waals surface area contributed by atoms with Gasteiger partial charge in [0.25, 0.3) is 0 Å². The predicted molar refractivity (Wildman–Crippen MR) is 70.3 cm³/mol. The van der Waals surface area contributed by atoms with Crippen LogP contribution in [0.5, 0.6) is 5.75 Å². The Labute approximate surface area is 110 Å². The van der Waals surface area contributed by atoms with Crippen molar-refractivity contribution in [1.82, 2.24) is 9.78 Å². The van der Waals surface area contributed by atoms with Crippen molar-refractivity contribution in [1.29, 1.82) is 0 Å². The van der Waals surface area contributed by atoms with Crippen LogP contribution in [-0.4, -0.2) is 27.5 Å². The van der Waals surface area contributed by atoms with Crippen molar-refractivity contribution in [2.45, 2.75) is 13.8 Å². The van der Waals surface area contributed by atoms with Gasteiger partial charge in [0.1, 0.15) is 17.1 Å². The third-order valence-electron chi connectivity index (χ3n) is 2.71. The third kappa shape index (κ3) is 2.37. The largest absolute Gasteiger partial charge is 0.508 e. The smallest absolute Gasteiger partial charge is 0.343 e. The van der Waals surface area contributed by atoms with E-state index in [-0.39, 0.29) is 23.7 Å². The fraction of sp³-hybridized carbons (Fsp3) is 0.231. The SMILES string of the molecule is CCOC(=O)c1cnn(-c2ccc(O)cc2C)c1N. The van der Waals surface area contributed by atoms with Gasteiger partial charge < -0.3 is 15.6 Å². The van der Waals surface area contributed by atoms with Crippen molar-refractivity contribution in [2.75, 3.05) is 12.3 Å². The molecule has 2 rings (SSSR count). The zero-order chi connectivity index (χ0) is 14.0. The Morgan fingerprint density at radius 2 is 2.26 bits per heavy atom. The van der Waals surface area contributed by atoms with Gasteiger partial charge in [0.2, 0.25) is 0 Å². The number of aromatic hydroxyl groups is 1. The molecule has 0 aliphatic heterocycles. The lowest BCUT2D eigenvalue weighted by atomic mass is 10.2. The quantitative estimate of drug-likeness (QED) is 0.820. The van der Waals surface area contributed by atoms with Crippen LogP contribution in [0.1, 0.15) is 22.8 Å². The fourth-order valence-electron chi connectivity index (χ4n) is 1.79. The van der Waals surface area contributed by atoms with Crippen LogP contribution in [0.15, 0.2) is 24.4 Å². The Morgan fingerprint density at radius 1 is 1.53 bits per heavy atom. The summed E-state index contributed by atoms with van der Waals surface area (Å²) in [7, 11) is 0. The van der Waals surface area contributed by atoms with Gasteiger partial charge in [-0.3, -0.25) is 0 Å². The first-order valence-corrected chi connectivity index (χ1v) is 5.85. The number of benzene rings is 1. The first kappa shape index (κ1) is 12.9. The van der Waals surface area contributed by atoms with Crippen LogP contribution in [0, 0.1) is 6.92 Å². The van der Waals surface area contributed by atoms with E-state index in [4.69, 9.17) is 10.5 Å². The zero-order valence-corrected chi connectivity index (χ0v) is 10.8. The summed E-state index contributed by atoms with van der Waals surface area (Å²) in [5.41, 5.74) is 7.64. The second-order valence-electron chi connectivity index (χ2n) is 4.05. The molecule has 19 heavy (non-hydrogen) atoms. The summed E-state index contributed by atoms with van der Waals surface area (Å²) in [6.45, 7) is 3.82. The molecule has 0 fully saturated rings. The second-order valence-corrected chi connectivity index (χ2v) is 4.05. The molecule has 2 aromatic rings. The highest BCUT2D eigenvalue weighted by Gasteiger charge is 2.17.